The van der Waals surface area contributed by atoms with E-state index < -0.39 is 27.6 Å². The Morgan fingerprint density at radius 2 is 1.52 bits per heavy atom. The summed E-state index contributed by atoms with van der Waals surface area (Å²) in [4.78, 5) is 11.7. The van der Waals surface area contributed by atoms with Gasteiger partial charge in [-0.15, -0.1) is 0 Å². The lowest BCUT2D eigenvalue weighted by Crippen LogP contribution is -2.14. The third-order valence-electron chi connectivity index (χ3n) is 2.57. The van der Waals surface area contributed by atoms with Crippen molar-refractivity contribution in [3.8, 4) is 0 Å². The maximum absolute atomic E-state index is 13.0. The lowest BCUT2D eigenvalue weighted by molar-refractivity contribution is 0.102. The normalized spacial score (nSPS) is 11.2. The zero-order valence-electron chi connectivity index (χ0n) is 10.5. The Bertz CT molecular complexity index is 769. The number of primary sulfonamides is 1. The molecule has 1 amide bonds. The van der Waals surface area contributed by atoms with Crippen molar-refractivity contribution in [2.75, 3.05) is 5.32 Å². The van der Waals surface area contributed by atoms with Crippen molar-refractivity contribution in [3.63, 3.8) is 0 Å². The van der Waals surface area contributed by atoms with E-state index in [1.807, 2.05) is 0 Å². The van der Waals surface area contributed by atoms with E-state index in [4.69, 9.17) is 5.14 Å². The zero-order valence-corrected chi connectivity index (χ0v) is 11.3. The van der Waals surface area contributed by atoms with Crippen LogP contribution in [0.3, 0.4) is 0 Å². The molecule has 110 valence electrons. The summed E-state index contributed by atoms with van der Waals surface area (Å²) in [6, 6.07) is 7.46. The molecular formula is C13H10F2N2O3S. The number of nitrogens with two attached hydrogens (primary N) is 1. The van der Waals surface area contributed by atoms with Gasteiger partial charge in [0.1, 0.15) is 11.6 Å². The second kappa shape index (κ2) is 5.58. The van der Waals surface area contributed by atoms with Crippen molar-refractivity contribution < 1.29 is 22.0 Å². The zero-order chi connectivity index (χ0) is 15.6. The molecule has 0 heterocycles. The average molecular weight is 312 g/mol. The van der Waals surface area contributed by atoms with Gasteiger partial charge in [-0.3, -0.25) is 4.79 Å². The number of hydrogen-bond donors (Lipinski definition) is 2. The summed E-state index contributed by atoms with van der Waals surface area (Å²) < 4.78 is 48.2. The molecule has 0 saturated heterocycles. The molecule has 0 unspecified atom stereocenters. The Hall–Kier alpha value is -2.32. The molecule has 0 saturated carbocycles. The number of amides is 1. The smallest absolute Gasteiger partial charge is 0.255 e. The van der Waals surface area contributed by atoms with E-state index in [0.29, 0.717) is 6.07 Å². The van der Waals surface area contributed by atoms with Crippen molar-refractivity contribution >= 4 is 21.6 Å². The van der Waals surface area contributed by atoms with Crippen LogP contribution in [0.25, 0.3) is 0 Å². The lowest BCUT2D eigenvalue weighted by atomic mass is 10.2. The predicted octanol–water partition coefficient (Wildman–Crippen LogP) is 1.86. The summed E-state index contributed by atoms with van der Waals surface area (Å²) >= 11 is 0. The molecule has 0 radical (unpaired) electrons. The molecule has 0 aromatic heterocycles. The highest BCUT2D eigenvalue weighted by molar-refractivity contribution is 7.89. The fourth-order valence-corrected chi connectivity index (χ4v) is 2.13. The highest BCUT2D eigenvalue weighted by atomic mass is 32.2. The van der Waals surface area contributed by atoms with E-state index in [1.54, 1.807) is 0 Å². The first kappa shape index (κ1) is 15.1. The Balaban J connectivity index is 2.20. The van der Waals surface area contributed by atoms with Crippen molar-refractivity contribution in [1.82, 2.24) is 0 Å². The Kier molecular flexibility index (Phi) is 4.01. The van der Waals surface area contributed by atoms with Crippen molar-refractivity contribution in [1.29, 1.82) is 0 Å². The summed E-state index contributed by atoms with van der Waals surface area (Å²) in [5, 5.41) is 7.32. The second-order valence-corrected chi connectivity index (χ2v) is 5.74. The van der Waals surface area contributed by atoms with Crippen LogP contribution in [-0.2, 0) is 10.0 Å². The van der Waals surface area contributed by atoms with Crippen LogP contribution in [0.5, 0.6) is 0 Å². The highest BCUT2D eigenvalue weighted by Crippen LogP contribution is 2.15. The van der Waals surface area contributed by atoms with Gasteiger partial charge in [-0.2, -0.15) is 0 Å². The Morgan fingerprint density at radius 3 is 2.00 bits per heavy atom. The number of nitrogens with one attached hydrogen (secondary N) is 1. The summed E-state index contributed by atoms with van der Waals surface area (Å²) in [5.41, 5.74) is 0.0695. The number of rotatable bonds is 3. The van der Waals surface area contributed by atoms with Crippen molar-refractivity contribution in [2.45, 2.75) is 4.90 Å². The first-order chi connectivity index (χ1) is 9.75. The summed E-state index contributed by atoms with van der Waals surface area (Å²) in [6.45, 7) is 0. The minimum absolute atomic E-state index is 0.114. The van der Waals surface area contributed by atoms with Crippen molar-refractivity contribution in [2.24, 2.45) is 5.14 Å². The second-order valence-electron chi connectivity index (χ2n) is 4.18. The van der Waals surface area contributed by atoms with Gasteiger partial charge in [-0.05, 0) is 36.4 Å². The predicted molar refractivity (Wildman–Crippen MR) is 72.1 cm³/mol. The van der Waals surface area contributed by atoms with Gasteiger partial charge in [-0.25, -0.2) is 22.3 Å². The van der Waals surface area contributed by atoms with Crippen LogP contribution in [0, 0.1) is 11.6 Å². The molecule has 21 heavy (non-hydrogen) atoms. The van der Waals surface area contributed by atoms with Gasteiger partial charge in [-0.1, -0.05) is 0 Å². The number of benzene rings is 2. The van der Waals surface area contributed by atoms with E-state index in [1.165, 1.54) is 24.3 Å². The molecule has 0 aliphatic carbocycles. The topological polar surface area (TPSA) is 89.3 Å². The first-order valence-corrected chi connectivity index (χ1v) is 7.20. The van der Waals surface area contributed by atoms with Crippen LogP contribution >= 0.6 is 0 Å². The number of sulfonamides is 1. The molecule has 0 aliphatic heterocycles. The SMILES string of the molecule is NS(=O)(=O)c1ccc(NC(=O)c2cc(F)cc(F)c2)cc1. The number of carbonyl (C=O) groups excluding carboxylic acids is 1. The van der Waals surface area contributed by atoms with E-state index >= 15 is 0 Å². The summed E-state index contributed by atoms with van der Waals surface area (Å²) in [6.07, 6.45) is 0. The van der Waals surface area contributed by atoms with Gasteiger partial charge in [0.05, 0.1) is 4.90 Å². The molecule has 0 atom stereocenters. The van der Waals surface area contributed by atoms with Gasteiger partial charge >= 0.3 is 0 Å². The Morgan fingerprint density at radius 1 is 1.00 bits per heavy atom. The number of hydrogen-bond acceptors (Lipinski definition) is 3. The van der Waals surface area contributed by atoms with E-state index in [9.17, 15) is 22.0 Å². The molecule has 0 bridgehead atoms. The quantitative estimate of drug-likeness (QED) is 0.906. The van der Waals surface area contributed by atoms with E-state index in [2.05, 4.69) is 5.32 Å². The minimum Gasteiger partial charge on any atom is -0.322 e. The van der Waals surface area contributed by atoms with E-state index in [-0.39, 0.29) is 16.1 Å². The fraction of sp³-hybridized carbons (Fsp3) is 0. The number of anilines is 1. The molecule has 5 nitrogen and oxygen atoms in total. The molecule has 8 heteroatoms. The minimum atomic E-state index is -3.82. The molecule has 0 spiro atoms. The highest BCUT2D eigenvalue weighted by Gasteiger charge is 2.11. The molecule has 2 rings (SSSR count). The molecule has 3 N–H and O–H groups in total. The molecule has 2 aromatic carbocycles. The standard InChI is InChI=1S/C13H10F2N2O3S/c14-9-5-8(6-10(15)7-9)13(18)17-11-1-3-12(4-2-11)21(16,19)20/h1-7H,(H,17,18)(H2,16,19,20). The number of carbonyl (C=O) groups is 1. The monoisotopic (exact) mass is 312 g/mol. The fourth-order valence-electron chi connectivity index (χ4n) is 1.62. The third-order valence-corrected chi connectivity index (χ3v) is 3.49. The van der Waals surface area contributed by atoms with Gasteiger partial charge in [0, 0.05) is 17.3 Å². The van der Waals surface area contributed by atoms with Crippen LogP contribution in [-0.4, -0.2) is 14.3 Å². The lowest BCUT2D eigenvalue weighted by Gasteiger charge is -2.06. The third kappa shape index (κ3) is 3.83. The van der Waals surface area contributed by atoms with E-state index in [0.717, 1.165) is 12.1 Å². The van der Waals surface area contributed by atoms with Crippen molar-refractivity contribution in [3.05, 3.63) is 59.7 Å². The largest absolute Gasteiger partial charge is 0.322 e. The van der Waals surface area contributed by atoms with Gasteiger partial charge in [0.25, 0.3) is 5.91 Å². The average Bonchev–Trinajstić information content (AvgIpc) is 2.37. The molecular weight excluding hydrogens is 302 g/mol. The number of halogens is 2. The van der Waals surface area contributed by atoms with Gasteiger partial charge in [0.2, 0.25) is 10.0 Å². The summed E-state index contributed by atoms with van der Waals surface area (Å²) in [5.74, 6) is -2.47. The Labute approximate surface area is 119 Å². The summed E-state index contributed by atoms with van der Waals surface area (Å²) in [7, 11) is -3.82. The van der Waals surface area contributed by atoms with Gasteiger partial charge < -0.3 is 5.32 Å². The van der Waals surface area contributed by atoms with Crippen LogP contribution in [0.2, 0.25) is 0 Å². The maximum atomic E-state index is 13.0. The van der Waals surface area contributed by atoms with Crippen LogP contribution < -0.4 is 10.5 Å². The van der Waals surface area contributed by atoms with Crippen LogP contribution in [0.15, 0.2) is 47.4 Å². The van der Waals surface area contributed by atoms with Crippen LogP contribution in [0.4, 0.5) is 14.5 Å². The maximum Gasteiger partial charge on any atom is 0.255 e. The first-order valence-electron chi connectivity index (χ1n) is 5.66. The van der Waals surface area contributed by atoms with Gasteiger partial charge in [0.15, 0.2) is 0 Å². The molecule has 0 fully saturated rings. The molecule has 0 aliphatic rings. The van der Waals surface area contributed by atoms with Crippen LogP contribution in [0.1, 0.15) is 10.4 Å². The molecule has 2 aromatic rings.